The highest BCUT2D eigenvalue weighted by Crippen LogP contribution is 2.18. The standard InChI is InChI=1S/C12H13N3/c1-15-10-5-3-2-4-9(10)8-11(15)12-13-6-7-14-12/h2-5,8H,6-7H2,1H3,(H,13,14). The molecular weight excluding hydrogens is 186 g/mol. The molecule has 1 aliphatic rings. The van der Waals surface area contributed by atoms with Crippen LogP contribution >= 0.6 is 0 Å². The molecule has 0 bridgehead atoms. The van der Waals surface area contributed by atoms with E-state index < -0.39 is 0 Å². The maximum absolute atomic E-state index is 4.45. The lowest BCUT2D eigenvalue weighted by Crippen LogP contribution is -2.21. The molecule has 2 aromatic rings. The van der Waals surface area contributed by atoms with Crippen molar-refractivity contribution in [1.82, 2.24) is 9.88 Å². The number of benzene rings is 1. The lowest BCUT2D eigenvalue weighted by atomic mass is 10.2. The lowest BCUT2D eigenvalue weighted by molar-refractivity contribution is 0.928. The number of nitrogens with zero attached hydrogens (tertiary/aromatic N) is 2. The van der Waals surface area contributed by atoms with Crippen molar-refractivity contribution in [2.24, 2.45) is 12.0 Å². The molecule has 76 valence electrons. The van der Waals surface area contributed by atoms with Crippen LogP contribution in [0.1, 0.15) is 5.69 Å². The van der Waals surface area contributed by atoms with Gasteiger partial charge in [-0.25, -0.2) is 0 Å². The monoisotopic (exact) mass is 199 g/mol. The zero-order valence-corrected chi connectivity index (χ0v) is 8.70. The third kappa shape index (κ3) is 1.23. The van der Waals surface area contributed by atoms with Crippen LogP contribution in [0.15, 0.2) is 35.3 Å². The minimum atomic E-state index is 0.886. The molecule has 0 radical (unpaired) electrons. The SMILES string of the molecule is Cn1c(C2=NCCN2)cc2ccccc21. The van der Waals surface area contributed by atoms with Crippen molar-refractivity contribution >= 4 is 16.7 Å². The summed E-state index contributed by atoms with van der Waals surface area (Å²) in [5, 5.41) is 4.57. The molecule has 2 heterocycles. The quantitative estimate of drug-likeness (QED) is 0.741. The highest BCUT2D eigenvalue weighted by molar-refractivity contribution is 6.02. The summed E-state index contributed by atoms with van der Waals surface area (Å²) in [5.41, 5.74) is 2.43. The number of aliphatic imine (C=N–C) groups is 1. The van der Waals surface area contributed by atoms with Gasteiger partial charge >= 0.3 is 0 Å². The number of amidine groups is 1. The fourth-order valence-corrected chi connectivity index (χ4v) is 2.09. The Bertz CT molecular complexity index is 537. The molecule has 1 aromatic carbocycles. The Morgan fingerprint density at radius 3 is 2.93 bits per heavy atom. The summed E-state index contributed by atoms with van der Waals surface area (Å²) < 4.78 is 2.19. The molecular formula is C12H13N3. The lowest BCUT2D eigenvalue weighted by Gasteiger charge is -2.04. The van der Waals surface area contributed by atoms with Gasteiger partial charge in [-0.2, -0.15) is 0 Å². The third-order valence-corrected chi connectivity index (χ3v) is 2.87. The Morgan fingerprint density at radius 2 is 2.20 bits per heavy atom. The van der Waals surface area contributed by atoms with Gasteiger partial charge in [0.05, 0.1) is 12.2 Å². The Morgan fingerprint density at radius 1 is 1.33 bits per heavy atom. The van der Waals surface area contributed by atoms with Gasteiger partial charge in [0.25, 0.3) is 0 Å². The fourth-order valence-electron chi connectivity index (χ4n) is 2.09. The molecule has 3 rings (SSSR count). The zero-order chi connectivity index (χ0) is 10.3. The first kappa shape index (κ1) is 8.53. The van der Waals surface area contributed by atoms with E-state index in [9.17, 15) is 0 Å². The van der Waals surface area contributed by atoms with E-state index in [2.05, 4.69) is 52.3 Å². The van der Waals surface area contributed by atoms with Gasteiger partial charge in [0.1, 0.15) is 5.84 Å². The molecule has 0 unspecified atom stereocenters. The van der Waals surface area contributed by atoms with E-state index in [1.807, 2.05) is 0 Å². The Balaban J connectivity index is 2.23. The molecule has 0 saturated carbocycles. The van der Waals surface area contributed by atoms with Crippen LogP contribution in [0.25, 0.3) is 10.9 Å². The first-order chi connectivity index (χ1) is 7.36. The second kappa shape index (κ2) is 3.12. The highest BCUT2D eigenvalue weighted by Gasteiger charge is 2.13. The molecule has 0 spiro atoms. The molecule has 3 nitrogen and oxygen atoms in total. The van der Waals surface area contributed by atoms with E-state index in [0.717, 1.165) is 18.9 Å². The molecule has 0 aliphatic carbocycles. The molecule has 3 heteroatoms. The molecule has 1 aromatic heterocycles. The Hall–Kier alpha value is -1.77. The van der Waals surface area contributed by atoms with Gasteiger partial charge in [-0.05, 0) is 12.1 Å². The zero-order valence-electron chi connectivity index (χ0n) is 8.70. The van der Waals surface area contributed by atoms with Gasteiger partial charge < -0.3 is 9.88 Å². The number of aromatic nitrogens is 1. The normalized spacial score (nSPS) is 15.4. The van der Waals surface area contributed by atoms with Crippen LogP contribution in [0.5, 0.6) is 0 Å². The minimum absolute atomic E-state index is 0.886. The second-order valence-electron chi connectivity index (χ2n) is 3.80. The summed E-state index contributed by atoms with van der Waals surface area (Å²) in [7, 11) is 2.08. The van der Waals surface area contributed by atoms with E-state index in [-0.39, 0.29) is 0 Å². The third-order valence-electron chi connectivity index (χ3n) is 2.87. The van der Waals surface area contributed by atoms with E-state index in [1.54, 1.807) is 0 Å². The predicted molar refractivity (Wildman–Crippen MR) is 62.3 cm³/mol. The van der Waals surface area contributed by atoms with Gasteiger partial charge in [-0.15, -0.1) is 0 Å². The van der Waals surface area contributed by atoms with Crippen LogP contribution in [0.3, 0.4) is 0 Å². The Labute approximate surface area is 88.4 Å². The largest absolute Gasteiger partial charge is 0.367 e. The number of hydrogen-bond donors (Lipinski definition) is 1. The van der Waals surface area contributed by atoms with Crippen LogP contribution in [-0.4, -0.2) is 23.5 Å². The van der Waals surface area contributed by atoms with Crippen molar-refractivity contribution in [3.8, 4) is 0 Å². The van der Waals surface area contributed by atoms with Crippen LogP contribution in [0.4, 0.5) is 0 Å². The first-order valence-corrected chi connectivity index (χ1v) is 5.19. The van der Waals surface area contributed by atoms with Crippen molar-refractivity contribution in [2.45, 2.75) is 0 Å². The molecule has 1 aliphatic heterocycles. The van der Waals surface area contributed by atoms with E-state index in [0.29, 0.717) is 0 Å². The number of rotatable bonds is 1. The molecule has 0 fully saturated rings. The molecule has 0 atom stereocenters. The average molecular weight is 199 g/mol. The summed E-state index contributed by atoms with van der Waals surface area (Å²) in [4.78, 5) is 4.45. The van der Waals surface area contributed by atoms with Crippen molar-refractivity contribution in [3.63, 3.8) is 0 Å². The molecule has 0 saturated heterocycles. The molecule has 15 heavy (non-hydrogen) atoms. The summed E-state index contributed by atoms with van der Waals surface area (Å²) >= 11 is 0. The number of aryl methyl sites for hydroxylation is 1. The van der Waals surface area contributed by atoms with Gasteiger partial charge in [-0.3, -0.25) is 4.99 Å². The van der Waals surface area contributed by atoms with Crippen LogP contribution < -0.4 is 5.32 Å². The van der Waals surface area contributed by atoms with Crippen LogP contribution in [0.2, 0.25) is 0 Å². The van der Waals surface area contributed by atoms with Crippen molar-refractivity contribution < 1.29 is 0 Å². The molecule has 1 N–H and O–H groups in total. The maximum Gasteiger partial charge on any atom is 0.145 e. The first-order valence-electron chi connectivity index (χ1n) is 5.19. The van der Waals surface area contributed by atoms with Gasteiger partial charge in [0.2, 0.25) is 0 Å². The summed E-state index contributed by atoms with van der Waals surface area (Å²) in [6, 6.07) is 10.6. The highest BCUT2D eigenvalue weighted by atomic mass is 15.1. The topological polar surface area (TPSA) is 29.3 Å². The summed E-state index contributed by atoms with van der Waals surface area (Å²) in [6.07, 6.45) is 0. The minimum Gasteiger partial charge on any atom is -0.367 e. The van der Waals surface area contributed by atoms with Gasteiger partial charge in [0.15, 0.2) is 0 Å². The number of fused-ring (bicyclic) bond motifs is 1. The number of hydrogen-bond acceptors (Lipinski definition) is 2. The van der Waals surface area contributed by atoms with Crippen molar-refractivity contribution in [3.05, 3.63) is 36.0 Å². The maximum atomic E-state index is 4.45. The van der Waals surface area contributed by atoms with Crippen molar-refractivity contribution in [2.75, 3.05) is 13.1 Å². The van der Waals surface area contributed by atoms with Gasteiger partial charge in [0, 0.05) is 24.5 Å². The summed E-state index contributed by atoms with van der Waals surface area (Å²) in [5.74, 6) is 1.02. The summed E-state index contributed by atoms with van der Waals surface area (Å²) in [6.45, 7) is 1.84. The Kier molecular flexibility index (Phi) is 1.78. The second-order valence-corrected chi connectivity index (χ2v) is 3.80. The average Bonchev–Trinajstić information content (AvgIpc) is 2.87. The molecule has 0 amide bonds. The fraction of sp³-hybridized carbons (Fsp3) is 0.250. The smallest absolute Gasteiger partial charge is 0.145 e. The van der Waals surface area contributed by atoms with Gasteiger partial charge in [-0.1, -0.05) is 18.2 Å². The van der Waals surface area contributed by atoms with Crippen LogP contribution in [0, 0.1) is 0 Å². The number of nitrogens with one attached hydrogen (secondary N) is 1. The van der Waals surface area contributed by atoms with E-state index >= 15 is 0 Å². The number of para-hydroxylation sites is 1. The van der Waals surface area contributed by atoms with Crippen LogP contribution in [-0.2, 0) is 7.05 Å². The predicted octanol–water partition coefficient (Wildman–Crippen LogP) is 1.53. The van der Waals surface area contributed by atoms with Crippen molar-refractivity contribution in [1.29, 1.82) is 0 Å². The van der Waals surface area contributed by atoms with E-state index in [4.69, 9.17) is 0 Å². The van der Waals surface area contributed by atoms with E-state index in [1.165, 1.54) is 16.6 Å².